The summed E-state index contributed by atoms with van der Waals surface area (Å²) in [6, 6.07) is 33.1. The van der Waals surface area contributed by atoms with Gasteiger partial charge in [0.1, 0.15) is 0 Å². The van der Waals surface area contributed by atoms with Crippen LogP contribution in [0.5, 0.6) is 0 Å². The van der Waals surface area contributed by atoms with Gasteiger partial charge in [0, 0.05) is 39.9 Å². The van der Waals surface area contributed by atoms with Gasteiger partial charge in [-0.3, -0.25) is 14.4 Å². The van der Waals surface area contributed by atoms with E-state index in [2.05, 4.69) is 10.6 Å². The molecule has 7 rings (SSSR count). The van der Waals surface area contributed by atoms with E-state index in [4.69, 9.17) is 40.5 Å². The number of carbonyl (C=O) groups is 3. The molecule has 0 saturated carbocycles. The Kier molecular flexibility index (Phi) is 7.88. The topological polar surface area (TPSA) is 93.1 Å². The third-order valence-electron chi connectivity index (χ3n) is 8.79. The predicted molar refractivity (Wildman–Crippen MR) is 187 cm³/mol. The summed E-state index contributed by atoms with van der Waals surface area (Å²) in [4.78, 5) is 43.1. The molecule has 4 aromatic carbocycles. The van der Waals surface area contributed by atoms with Crippen LogP contribution in [-0.4, -0.2) is 32.6 Å². The Morgan fingerprint density at radius 2 is 1.30 bits per heavy atom. The molecule has 2 amide bonds. The van der Waals surface area contributed by atoms with E-state index in [1.165, 1.54) is 11.6 Å². The lowest BCUT2D eigenvalue weighted by Gasteiger charge is -2.49. The number of aromatic nitrogens is 2. The molecule has 5 aromatic rings. The molecule has 1 aliphatic carbocycles. The van der Waals surface area contributed by atoms with Crippen LogP contribution in [0.25, 0.3) is 22.9 Å². The molecule has 2 N–H and O–H groups in total. The summed E-state index contributed by atoms with van der Waals surface area (Å²) in [7, 11) is 0. The first-order valence-corrected chi connectivity index (χ1v) is 16.0. The van der Waals surface area contributed by atoms with Crippen LogP contribution >= 0.6 is 35.4 Å². The van der Waals surface area contributed by atoms with Gasteiger partial charge in [0.05, 0.1) is 11.4 Å². The normalized spacial score (nSPS) is 19.3. The van der Waals surface area contributed by atoms with Crippen LogP contribution in [0.2, 0.25) is 10.0 Å². The van der Waals surface area contributed by atoms with Crippen LogP contribution < -0.4 is 10.6 Å². The van der Waals surface area contributed by atoms with Gasteiger partial charge in [-0.05, 0) is 64.8 Å². The van der Waals surface area contributed by atoms with Crippen LogP contribution in [0.1, 0.15) is 51.5 Å². The Morgan fingerprint density at radius 3 is 1.83 bits per heavy atom. The average molecular weight is 678 g/mol. The zero-order valence-corrected chi connectivity index (χ0v) is 27.2. The summed E-state index contributed by atoms with van der Waals surface area (Å²) in [5.74, 6) is -3.34. The van der Waals surface area contributed by atoms with Crippen molar-refractivity contribution in [2.75, 3.05) is 0 Å². The fourth-order valence-corrected chi connectivity index (χ4v) is 7.37. The highest BCUT2D eigenvalue weighted by molar-refractivity contribution is 7.80. The van der Waals surface area contributed by atoms with Gasteiger partial charge in [0.2, 0.25) is 17.7 Å². The summed E-state index contributed by atoms with van der Waals surface area (Å²) >= 11 is 18.1. The van der Waals surface area contributed by atoms with Gasteiger partial charge in [-0.2, -0.15) is 9.78 Å². The maximum atomic E-state index is 14.9. The molecule has 2 heterocycles. The summed E-state index contributed by atoms with van der Waals surface area (Å²) in [6.07, 6.45) is 1.93. The molecule has 10 heteroatoms. The number of thiocarbonyl (C=S) groups is 1. The molecule has 2 aliphatic rings. The highest BCUT2D eigenvalue weighted by Gasteiger charge is 2.65. The molecule has 2 atom stereocenters. The second kappa shape index (κ2) is 12.0. The van der Waals surface area contributed by atoms with Crippen molar-refractivity contribution < 1.29 is 14.4 Å². The first-order valence-electron chi connectivity index (χ1n) is 14.8. The molecule has 7 nitrogen and oxygen atoms in total. The van der Waals surface area contributed by atoms with Gasteiger partial charge < -0.3 is 10.6 Å². The van der Waals surface area contributed by atoms with Crippen LogP contribution in [-0.2, 0) is 9.59 Å². The lowest BCUT2D eigenvalue weighted by atomic mass is 9.52. The molecule has 1 aromatic heterocycles. The zero-order chi connectivity index (χ0) is 32.9. The molecule has 232 valence electrons. The number of benzene rings is 4. The Bertz CT molecular complexity index is 2070. The van der Waals surface area contributed by atoms with Gasteiger partial charge in [-0.25, -0.2) is 0 Å². The standard InChI is InChI=1S/C37H26Cl2N4O3S/c1-21(44)43-33(25-10-6-3-7-11-25)29-31(24-14-18-27(39)19-15-24)37(34(45)40-36(47)41-35(37)46)30(23-12-16-26(38)17-13-23)28(32(29)42-43)20-22-8-4-2-5-9-22/h2-20,30-31H,1H3,(H2,40,41,45,46,47)/b28-20-. The maximum absolute atomic E-state index is 14.9. The van der Waals surface area contributed by atoms with Crippen molar-refractivity contribution in [2.24, 2.45) is 5.41 Å². The van der Waals surface area contributed by atoms with Crippen LogP contribution in [0.3, 0.4) is 0 Å². The monoisotopic (exact) mass is 676 g/mol. The first-order chi connectivity index (χ1) is 22.7. The van der Waals surface area contributed by atoms with E-state index in [0.717, 1.165) is 5.56 Å². The molecule has 47 heavy (non-hydrogen) atoms. The fraction of sp³-hybridized carbons (Fsp3) is 0.108. The number of amides is 2. The summed E-state index contributed by atoms with van der Waals surface area (Å²) in [6.45, 7) is 1.44. The number of hydrogen-bond donors (Lipinski definition) is 2. The maximum Gasteiger partial charge on any atom is 0.244 e. The first kappa shape index (κ1) is 30.7. The molecule has 2 unspecified atom stereocenters. The van der Waals surface area contributed by atoms with Gasteiger partial charge in [-0.1, -0.05) is 108 Å². The van der Waals surface area contributed by atoms with Crippen molar-refractivity contribution in [2.45, 2.75) is 18.8 Å². The molecular formula is C37H26Cl2N4O3S. The minimum Gasteiger partial charge on any atom is -0.302 e. The minimum absolute atomic E-state index is 0.0857. The highest BCUT2D eigenvalue weighted by atomic mass is 35.5. The lowest BCUT2D eigenvalue weighted by molar-refractivity contribution is -0.145. The zero-order valence-electron chi connectivity index (χ0n) is 24.9. The quantitative estimate of drug-likeness (QED) is 0.152. The molecule has 0 bridgehead atoms. The number of halogens is 2. The smallest absolute Gasteiger partial charge is 0.244 e. The SMILES string of the molecule is CC(=O)n1nc2c(c1-c1ccccc1)C(c1ccc(Cl)cc1)C1(C(=O)NC(=S)NC1=O)C(c1ccc(Cl)cc1)/C2=C/c1ccccc1. The van der Waals surface area contributed by atoms with E-state index in [9.17, 15) is 14.4 Å². The average Bonchev–Trinajstić information content (AvgIpc) is 3.46. The molecule has 0 radical (unpaired) electrons. The van der Waals surface area contributed by atoms with Crippen molar-refractivity contribution in [1.82, 2.24) is 20.4 Å². The van der Waals surface area contributed by atoms with Crippen molar-refractivity contribution in [3.63, 3.8) is 0 Å². The number of rotatable bonds is 4. The van der Waals surface area contributed by atoms with Gasteiger partial charge >= 0.3 is 0 Å². The van der Waals surface area contributed by atoms with Gasteiger partial charge in [0.25, 0.3) is 0 Å². The van der Waals surface area contributed by atoms with Crippen LogP contribution in [0, 0.1) is 5.41 Å². The highest BCUT2D eigenvalue weighted by Crippen LogP contribution is 2.63. The largest absolute Gasteiger partial charge is 0.302 e. The van der Waals surface area contributed by atoms with Crippen molar-refractivity contribution in [1.29, 1.82) is 0 Å². The Balaban J connectivity index is 1.71. The van der Waals surface area contributed by atoms with E-state index in [1.807, 2.05) is 78.9 Å². The second-order valence-electron chi connectivity index (χ2n) is 11.5. The Labute approximate surface area is 286 Å². The number of hydrogen-bond acceptors (Lipinski definition) is 5. The van der Waals surface area contributed by atoms with Crippen molar-refractivity contribution >= 4 is 69.9 Å². The second-order valence-corrected chi connectivity index (χ2v) is 12.8. The molecule has 1 saturated heterocycles. The molecule has 1 aliphatic heterocycles. The number of carbonyl (C=O) groups excluding carboxylic acids is 3. The number of allylic oxidation sites excluding steroid dienone is 1. The molecule has 1 spiro atoms. The molecular weight excluding hydrogens is 651 g/mol. The van der Waals surface area contributed by atoms with Gasteiger partial charge in [-0.15, -0.1) is 0 Å². The summed E-state index contributed by atoms with van der Waals surface area (Å²) < 4.78 is 1.36. The Hall–Kier alpha value is -4.89. The third kappa shape index (κ3) is 5.09. The fourth-order valence-electron chi connectivity index (χ4n) is 6.93. The molecule has 1 fully saturated rings. The van der Waals surface area contributed by atoms with E-state index in [-0.39, 0.29) is 11.0 Å². The van der Waals surface area contributed by atoms with E-state index >= 15 is 0 Å². The van der Waals surface area contributed by atoms with E-state index < -0.39 is 29.1 Å². The minimum atomic E-state index is -1.86. The predicted octanol–water partition coefficient (Wildman–Crippen LogP) is 7.50. The number of nitrogens with one attached hydrogen (secondary N) is 2. The number of nitrogens with zero attached hydrogens (tertiary/aromatic N) is 2. The van der Waals surface area contributed by atoms with Gasteiger partial charge in [0.15, 0.2) is 10.5 Å². The van der Waals surface area contributed by atoms with Crippen molar-refractivity contribution in [3.05, 3.63) is 147 Å². The van der Waals surface area contributed by atoms with Crippen LogP contribution in [0.4, 0.5) is 0 Å². The van der Waals surface area contributed by atoms with Crippen LogP contribution in [0.15, 0.2) is 109 Å². The number of fused-ring (bicyclic) bond motifs is 1. The van der Waals surface area contributed by atoms with Crippen molar-refractivity contribution in [3.8, 4) is 11.3 Å². The third-order valence-corrected chi connectivity index (χ3v) is 9.49. The Morgan fingerprint density at radius 1 is 0.787 bits per heavy atom. The van der Waals surface area contributed by atoms with E-state index in [0.29, 0.717) is 49.3 Å². The summed E-state index contributed by atoms with van der Waals surface area (Å²) in [5, 5.41) is 11.5. The van der Waals surface area contributed by atoms with E-state index in [1.54, 1.807) is 36.4 Å². The lowest BCUT2D eigenvalue weighted by Crippen LogP contribution is -2.67. The summed E-state index contributed by atoms with van der Waals surface area (Å²) in [5.41, 5.74) is 3.04.